The maximum absolute atomic E-state index is 11.6. The van der Waals surface area contributed by atoms with Crippen LogP contribution in [0.3, 0.4) is 0 Å². The van der Waals surface area contributed by atoms with E-state index in [1.807, 2.05) is 42.4 Å². The van der Waals surface area contributed by atoms with Crippen molar-refractivity contribution in [3.05, 3.63) is 35.9 Å². The minimum atomic E-state index is -0.308. The first-order chi connectivity index (χ1) is 8.22. The normalized spacial score (nSPS) is 19.1. The highest BCUT2D eigenvalue weighted by molar-refractivity contribution is 6.36. The van der Waals surface area contributed by atoms with E-state index < -0.39 is 0 Å². The molecule has 1 atom stereocenters. The van der Waals surface area contributed by atoms with Gasteiger partial charge in [0, 0.05) is 13.5 Å². The van der Waals surface area contributed by atoms with Crippen molar-refractivity contribution in [2.24, 2.45) is 5.10 Å². The second-order valence-corrected chi connectivity index (χ2v) is 3.97. The molecule has 0 N–H and O–H groups in total. The van der Waals surface area contributed by atoms with E-state index in [4.69, 9.17) is 4.74 Å². The third-order valence-electron chi connectivity index (χ3n) is 2.81. The topological polar surface area (TPSA) is 41.9 Å². The summed E-state index contributed by atoms with van der Waals surface area (Å²) in [5, 5.41) is 6.06. The van der Waals surface area contributed by atoms with Crippen LogP contribution in [-0.2, 0) is 9.53 Å². The van der Waals surface area contributed by atoms with Crippen LogP contribution < -0.4 is 0 Å². The molecule has 0 saturated carbocycles. The smallest absolute Gasteiger partial charge is 0.354 e. The van der Waals surface area contributed by atoms with Gasteiger partial charge in [-0.2, -0.15) is 5.10 Å². The highest BCUT2D eigenvalue weighted by Gasteiger charge is 2.29. The molecular formula is C13H16N2O2. The van der Waals surface area contributed by atoms with E-state index in [1.165, 1.54) is 0 Å². The number of rotatable bonds is 3. The Labute approximate surface area is 101 Å². The predicted octanol–water partition coefficient (Wildman–Crippen LogP) is 1.98. The van der Waals surface area contributed by atoms with Crippen LogP contribution in [0.4, 0.5) is 0 Å². The average Bonchev–Trinajstić information content (AvgIpc) is 2.73. The molecular weight excluding hydrogens is 216 g/mol. The van der Waals surface area contributed by atoms with Gasteiger partial charge in [-0.25, -0.2) is 4.79 Å². The van der Waals surface area contributed by atoms with Gasteiger partial charge in [-0.15, -0.1) is 0 Å². The Hall–Kier alpha value is -1.84. The molecule has 0 aliphatic carbocycles. The molecule has 0 amide bonds. The van der Waals surface area contributed by atoms with Gasteiger partial charge in [0.25, 0.3) is 0 Å². The molecule has 1 aromatic rings. The number of ether oxygens (including phenoxy) is 1. The van der Waals surface area contributed by atoms with E-state index in [2.05, 4.69) is 5.10 Å². The van der Waals surface area contributed by atoms with Gasteiger partial charge in [0.1, 0.15) is 5.71 Å². The average molecular weight is 232 g/mol. The van der Waals surface area contributed by atoms with Crippen LogP contribution in [0.5, 0.6) is 0 Å². The highest BCUT2D eigenvalue weighted by atomic mass is 16.5. The highest BCUT2D eigenvalue weighted by Crippen LogP contribution is 2.28. The molecule has 1 aliphatic heterocycles. The van der Waals surface area contributed by atoms with Crippen LogP contribution in [0.25, 0.3) is 0 Å². The fourth-order valence-corrected chi connectivity index (χ4v) is 1.96. The Morgan fingerprint density at radius 3 is 2.82 bits per heavy atom. The summed E-state index contributed by atoms with van der Waals surface area (Å²) in [4.78, 5) is 11.6. The first kappa shape index (κ1) is 11.6. The molecule has 0 aromatic heterocycles. The maximum Gasteiger partial charge on any atom is 0.354 e. The summed E-state index contributed by atoms with van der Waals surface area (Å²) < 4.78 is 4.96. The molecule has 2 rings (SSSR count). The van der Waals surface area contributed by atoms with Crippen LogP contribution in [0.2, 0.25) is 0 Å². The van der Waals surface area contributed by atoms with Gasteiger partial charge in [0.15, 0.2) is 0 Å². The van der Waals surface area contributed by atoms with Crippen LogP contribution in [0.15, 0.2) is 35.4 Å². The molecule has 1 aliphatic rings. The number of carbonyl (C=O) groups is 1. The minimum absolute atomic E-state index is 0.135. The fourth-order valence-electron chi connectivity index (χ4n) is 1.96. The Morgan fingerprint density at radius 1 is 1.47 bits per heavy atom. The predicted molar refractivity (Wildman–Crippen MR) is 65.6 cm³/mol. The maximum atomic E-state index is 11.6. The van der Waals surface area contributed by atoms with Crippen molar-refractivity contribution in [2.75, 3.05) is 13.7 Å². The zero-order chi connectivity index (χ0) is 12.3. The van der Waals surface area contributed by atoms with Gasteiger partial charge in [-0.3, -0.25) is 5.01 Å². The minimum Gasteiger partial charge on any atom is -0.461 e. The molecule has 0 bridgehead atoms. The Kier molecular flexibility index (Phi) is 3.42. The first-order valence-electron chi connectivity index (χ1n) is 5.74. The lowest BCUT2D eigenvalue weighted by Gasteiger charge is -2.18. The van der Waals surface area contributed by atoms with Crippen molar-refractivity contribution in [3.63, 3.8) is 0 Å². The van der Waals surface area contributed by atoms with Crippen LogP contribution >= 0.6 is 0 Å². The van der Waals surface area contributed by atoms with Crippen LogP contribution in [0.1, 0.15) is 24.9 Å². The van der Waals surface area contributed by atoms with Crippen LogP contribution in [-0.4, -0.2) is 30.3 Å². The third kappa shape index (κ3) is 2.46. The summed E-state index contributed by atoms with van der Waals surface area (Å²) in [6.45, 7) is 2.18. The standard InChI is InChI=1S/C13H16N2O2/c1-3-17-13(16)11-9-12(15(2)14-11)10-7-5-4-6-8-10/h4-8,12H,3,9H2,1-2H3/t12-/m1/s1. The molecule has 90 valence electrons. The largest absolute Gasteiger partial charge is 0.461 e. The summed E-state index contributed by atoms with van der Waals surface area (Å²) >= 11 is 0. The van der Waals surface area contributed by atoms with E-state index in [0.29, 0.717) is 18.7 Å². The lowest BCUT2D eigenvalue weighted by molar-refractivity contribution is -0.135. The van der Waals surface area contributed by atoms with Crippen LogP contribution in [0, 0.1) is 0 Å². The number of hydrazone groups is 1. The van der Waals surface area contributed by atoms with Gasteiger partial charge < -0.3 is 4.74 Å². The molecule has 4 heteroatoms. The molecule has 1 aromatic carbocycles. The third-order valence-corrected chi connectivity index (χ3v) is 2.81. The van der Waals surface area contributed by atoms with E-state index >= 15 is 0 Å². The van der Waals surface area contributed by atoms with Gasteiger partial charge in [0.2, 0.25) is 0 Å². The summed E-state index contributed by atoms with van der Waals surface area (Å²) in [6, 6.07) is 10.2. The number of esters is 1. The summed E-state index contributed by atoms with van der Waals surface area (Å²) in [6.07, 6.45) is 0.610. The molecule has 0 radical (unpaired) electrons. The quantitative estimate of drug-likeness (QED) is 0.748. The molecule has 4 nitrogen and oxygen atoms in total. The first-order valence-corrected chi connectivity index (χ1v) is 5.74. The molecule has 0 unspecified atom stereocenters. The van der Waals surface area contributed by atoms with E-state index in [9.17, 15) is 4.79 Å². The molecule has 17 heavy (non-hydrogen) atoms. The monoisotopic (exact) mass is 232 g/mol. The van der Waals surface area contributed by atoms with Gasteiger partial charge in [0.05, 0.1) is 12.6 Å². The van der Waals surface area contributed by atoms with Crippen molar-refractivity contribution in [1.82, 2.24) is 5.01 Å². The number of carbonyl (C=O) groups excluding carboxylic acids is 1. The lowest BCUT2D eigenvalue weighted by atomic mass is 10.0. The lowest BCUT2D eigenvalue weighted by Crippen LogP contribution is -2.16. The second-order valence-electron chi connectivity index (χ2n) is 3.97. The number of nitrogens with zero attached hydrogens (tertiary/aromatic N) is 2. The fraction of sp³-hybridized carbons (Fsp3) is 0.385. The van der Waals surface area contributed by atoms with Crippen molar-refractivity contribution in [2.45, 2.75) is 19.4 Å². The van der Waals surface area contributed by atoms with E-state index in [0.717, 1.165) is 5.56 Å². The van der Waals surface area contributed by atoms with Crippen molar-refractivity contribution < 1.29 is 9.53 Å². The van der Waals surface area contributed by atoms with Crippen molar-refractivity contribution in [1.29, 1.82) is 0 Å². The van der Waals surface area contributed by atoms with Gasteiger partial charge in [-0.1, -0.05) is 30.3 Å². The van der Waals surface area contributed by atoms with E-state index in [1.54, 1.807) is 6.92 Å². The molecule has 0 fully saturated rings. The number of benzene rings is 1. The van der Waals surface area contributed by atoms with Gasteiger partial charge >= 0.3 is 5.97 Å². The van der Waals surface area contributed by atoms with Crippen molar-refractivity contribution >= 4 is 11.7 Å². The Morgan fingerprint density at radius 2 is 2.18 bits per heavy atom. The zero-order valence-electron chi connectivity index (χ0n) is 10.1. The Bertz CT molecular complexity index is 428. The second kappa shape index (κ2) is 4.99. The van der Waals surface area contributed by atoms with Gasteiger partial charge in [-0.05, 0) is 12.5 Å². The zero-order valence-corrected chi connectivity index (χ0v) is 10.1. The number of hydrogen-bond acceptors (Lipinski definition) is 4. The summed E-state index contributed by atoms with van der Waals surface area (Å²) in [7, 11) is 1.88. The molecule has 0 saturated heterocycles. The number of hydrogen-bond donors (Lipinski definition) is 0. The SMILES string of the molecule is CCOC(=O)C1=NN(C)[C@@H](c2ccccc2)C1. The Balaban J connectivity index is 2.10. The van der Waals surface area contributed by atoms with E-state index in [-0.39, 0.29) is 12.0 Å². The molecule has 0 spiro atoms. The molecule has 1 heterocycles. The van der Waals surface area contributed by atoms with Crippen molar-refractivity contribution in [3.8, 4) is 0 Å². The summed E-state index contributed by atoms with van der Waals surface area (Å²) in [5.41, 5.74) is 1.67. The summed E-state index contributed by atoms with van der Waals surface area (Å²) in [5.74, 6) is -0.308.